The Morgan fingerprint density at radius 2 is 1.20 bits per heavy atom. The number of hydrogen-bond donors (Lipinski definition) is 0. The molecule has 0 atom stereocenters. The third-order valence-electron chi connectivity index (χ3n) is 0. The second-order valence-corrected chi connectivity index (χ2v) is 0. The Balaban J connectivity index is -0.00000000167. The minimum Gasteiger partial charge on any atom is 0 e. The minimum absolute atomic E-state index is 0. The molecule has 0 N–H and O–H groups in total. The third kappa shape index (κ3) is 18.4. The van der Waals surface area contributed by atoms with Gasteiger partial charge in [-0.15, -0.1) is 0 Å². The Morgan fingerprint density at radius 3 is 1.20 bits per heavy atom. The Labute approximate surface area is 117 Å². The van der Waals surface area contributed by atoms with Gasteiger partial charge in [0.05, 0.1) is 0 Å². The van der Waals surface area contributed by atoms with E-state index in [0.29, 0.717) is 0 Å². The molecule has 0 aliphatic carbocycles. The smallest absolute Gasteiger partial charge is 0 e. The SMILES string of the molecule is [Ga].[La].[O]=[Ni].[Sr]. The zero-order valence-electron chi connectivity index (χ0n) is 2.59. The van der Waals surface area contributed by atoms with Gasteiger partial charge in [-0.1, -0.05) is 0 Å². The molecule has 1 nitrogen and oxygen atoms in total. The normalized spacial score (nSPS) is 1.20. The summed E-state index contributed by atoms with van der Waals surface area (Å²) in [6.45, 7) is 0. The summed E-state index contributed by atoms with van der Waals surface area (Å²) in [5, 5.41) is 0. The second-order valence-electron chi connectivity index (χ2n) is 0. The van der Waals surface area contributed by atoms with Crippen LogP contribution in [0.5, 0.6) is 0 Å². The molecule has 0 aliphatic rings. The third-order valence-corrected chi connectivity index (χ3v) is 0. The molecule has 5 heteroatoms. The zero-order chi connectivity index (χ0) is 2.00. The van der Waals surface area contributed by atoms with Crippen LogP contribution in [-0.2, 0) is 19.3 Å². The first-order valence-electron chi connectivity index (χ1n) is 0.129. The van der Waals surface area contributed by atoms with E-state index in [2.05, 4.69) is 15.4 Å². The van der Waals surface area contributed by atoms with E-state index < -0.39 is 0 Å². The van der Waals surface area contributed by atoms with Crippen molar-refractivity contribution in [2.45, 2.75) is 0 Å². The fourth-order valence-corrected chi connectivity index (χ4v) is 0. The van der Waals surface area contributed by atoms with E-state index in [1.807, 2.05) is 0 Å². The fourth-order valence-electron chi connectivity index (χ4n) is 0. The van der Waals surface area contributed by atoms with E-state index in [1.54, 1.807) is 0 Å². The van der Waals surface area contributed by atoms with Crippen molar-refractivity contribution in [1.29, 1.82) is 0 Å². The predicted molar refractivity (Wildman–Crippen MR) is 12.2 cm³/mol. The topological polar surface area (TPSA) is 17.1 Å². The molecule has 0 heterocycles. The van der Waals surface area contributed by atoms with Crippen LogP contribution in [0, 0.1) is 35.6 Å². The van der Waals surface area contributed by atoms with E-state index in [-0.39, 0.29) is 101 Å². The maximum absolute atomic E-state index is 7.88. The first-order chi connectivity index (χ1) is 1.00. The molecule has 0 aliphatic heterocycles. The predicted octanol–water partition coefficient (Wildman–Crippen LogP) is -0.883. The van der Waals surface area contributed by atoms with Gasteiger partial charge in [0.1, 0.15) is 0 Å². The minimum atomic E-state index is 0. The van der Waals surface area contributed by atoms with Crippen LogP contribution in [0.15, 0.2) is 0 Å². The van der Waals surface area contributed by atoms with Gasteiger partial charge in [-0.05, 0) is 0 Å². The van der Waals surface area contributed by atoms with Crippen LogP contribution >= 0.6 is 0 Å². The molecular weight excluding hydrogens is 371 g/mol. The van der Waals surface area contributed by atoms with E-state index in [4.69, 9.17) is 3.90 Å². The number of hydrogen-bond acceptors (Lipinski definition) is 1. The summed E-state index contributed by atoms with van der Waals surface area (Å²) in [6.07, 6.45) is 0. The largest absolute Gasteiger partial charge is 0 e. The van der Waals surface area contributed by atoms with E-state index in [1.165, 1.54) is 0 Å². The molecule has 0 amide bonds. The maximum atomic E-state index is 7.88. The van der Waals surface area contributed by atoms with Crippen LogP contribution in [-0.4, -0.2) is 65.3 Å². The van der Waals surface area contributed by atoms with Gasteiger partial charge >= 0.3 is 19.3 Å². The average molecular weight is 371 g/mol. The summed E-state index contributed by atoms with van der Waals surface area (Å²) >= 11 is 2.62. The Bertz CT molecular complexity index is 11.6. The van der Waals surface area contributed by atoms with Gasteiger partial charge in [-0.3, -0.25) is 0 Å². The molecule has 0 aromatic heterocycles. The van der Waals surface area contributed by atoms with Crippen molar-refractivity contribution in [2.75, 3.05) is 0 Å². The first kappa shape index (κ1) is 23.5. The molecule has 0 rings (SSSR count). The van der Waals surface area contributed by atoms with Gasteiger partial charge in [0.15, 0.2) is 0 Å². The van der Waals surface area contributed by atoms with Crippen molar-refractivity contribution in [1.82, 2.24) is 0 Å². The van der Waals surface area contributed by atoms with Crippen molar-refractivity contribution >= 4 is 65.3 Å². The molecule has 0 spiro atoms. The molecule has 0 saturated carbocycles. The zero-order valence-corrected chi connectivity index (χ0v) is 13.1. The van der Waals surface area contributed by atoms with Gasteiger partial charge in [-0.2, -0.15) is 0 Å². The van der Waals surface area contributed by atoms with Crippen LogP contribution < -0.4 is 0 Å². The van der Waals surface area contributed by atoms with Crippen LogP contribution in [0.1, 0.15) is 0 Å². The molecule has 0 aromatic rings. The van der Waals surface area contributed by atoms with E-state index >= 15 is 0 Å². The quantitative estimate of drug-likeness (QED) is 0.506. The van der Waals surface area contributed by atoms with E-state index in [0.717, 1.165) is 0 Å². The average Bonchev–Trinajstić information content (AvgIpc) is 1.00. The molecular formula is GaLaNiOSr. The standard InChI is InChI=1S/Ga.La.Ni.O.Sr. The fraction of sp³-hybridized carbons (Fsp3) is 0. The Kier molecular flexibility index (Phi) is 120. The van der Waals surface area contributed by atoms with Gasteiger partial charge in [0.2, 0.25) is 0 Å². The maximum Gasteiger partial charge on any atom is 0 e. The number of rotatable bonds is 0. The molecule has 0 bridgehead atoms. The van der Waals surface area contributed by atoms with Crippen molar-refractivity contribution in [3.8, 4) is 0 Å². The van der Waals surface area contributed by atoms with Crippen molar-refractivity contribution in [3.63, 3.8) is 0 Å². The van der Waals surface area contributed by atoms with Crippen LogP contribution in [0.3, 0.4) is 0 Å². The monoisotopic (exact) mass is 370 g/mol. The van der Waals surface area contributed by atoms with Crippen molar-refractivity contribution in [2.24, 2.45) is 0 Å². The molecule has 0 saturated heterocycles. The molecule has 24 valence electrons. The van der Waals surface area contributed by atoms with Crippen LogP contribution in [0.25, 0.3) is 0 Å². The molecule has 5 heavy (non-hydrogen) atoms. The van der Waals surface area contributed by atoms with Gasteiger partial charge in [0.25, 0.3) is 0 Å². The summed E-state index contributed by atoms with van der Waals surface area (Å²) in [5.41, 5.74) is 0. The van der Waals surface area contributed by atoms with E-state index in [9.17, 15) is 0 Å². The van der Waals surface area contributed by atoms with Gasteiger partial charge < -0.3 is 0 Å². The summed E-state index contributed by atoms with van der Waals surface area (Å²) in [5.74, 6) is 0. The molecule has 6 radical (unpaired) electrons. The Hall–Kier alpha value is 3.61. The summed E-state index contributed by atoms with van der Waals surface area (Å²) in [7, 11) is 0. The second kappa shape index (κ2) is 25.5. The van der Waals surface area contributed by atoms with Crippen molar-refractivity contribution < 1.29 is 54.9 Å². The van der Waals surface area contributed by atoms with Crippen LogP contribution in [0.4, 0.5) is 0 Å². The van der Waals surface area contributed by atoms with Gasteiger partial charge in [-0.25, -0.2) is 0 Å². The molecule has 0 unspecified atom stereocenters. The first-order valence-corrected chi connectivity index (χ1v) is 0.532. The molecule has 0 aromatic carbocycles. The summed E-state index contributed by atoms with van der Waals surface area (Å²) in [4.78, 5) is 0. The summed E-state index contributed by atoms with van der Waals surface area (Å²) in [6, 6.07) is 0. The van der Waals surface area contributed by atoms with Crippen molar-refractivity contribution in [3.05, 3.63) is 0 Å². The van der Waals surface area contributed by atoms with Gasteiger partial charge in [0, 0.05) is 101 Å². The van der Waals surface area contributed by atoms with Crippen LogP contribution in [0.2, 0.25) is 0 Å². The Morgan fingerprint density at radius 1 is 1.20 bits per heavy atom. The summed E-state index contributed by atoms with van der Waals surface area (Å²) < 4.78 is 7.88. The molecule has 0 fully saturated rings.